The highest BCUT2D eigenvalue weighted by Gasteiger charge is 2.20. The Morgan fingerprint density at radius 2 is 2.14 bits per heavy atom. The predicted octanol–water partition coefficient (Wildman–Crippen LogP) is 3.58. The van der Waals surface area contributed by atoms with E-state index in [4.69, 9.17) is 6.42 Å². The van der Waals surface area contributed by atoms with Gasteiger partial charge in [0.15, 0.2) is 0 Å². The monoisotopic (exact) mass is 302 g/mol. The Morgan fingerprint density at radius 3 is 2.76 bits per heavy atom. The summed E-state index contributed by atoms with van der Waals surface area (Å²) in [5, 5.41) is 3.62. The van der Waals surface area contributed by atoms with Gasteiger partial charge in [0.2, 0.25) is 0 Å². The lowest BCUT2D eigenvalue weighted by atomic mass is 10.2. The fourth-order valence-corrected chi connectivity index (χ4v) is 3.26. The van der Waals surface area contributed by atoms with Crippen LogP contribution in [-0.2, 0) is 4.57 Å². The van der Waals surface area contributed by atoms with Gasteiger partial charge in [0.25, 0.3) is 0 Å². The molecule has 1 N–H and O–H groups in total. The average Bonchev–Trinajstić information content (AvgIpc) is 2.49. The van der Waals surface area contributed by atoms with Crippen molar-refractivity contribution >= 4 is 23.8 Å². The van der Waals surface area contributed by atoms with E-state index in [2.05, 4.69) is 16.2 Å². The average molecular weight is 302 g/mol. The van der Waals surface area contributed by atoms with Crippen LogP contribution >= 0.6 is 7.14 Å². The minimum absolute atomic E-state index is 0.277. The maximum atomic E-state index is 14.0. The molecule has 1 aromatic heterocycles. The molecule has 2 aromatic rings. The molecule has 0 aliphatic heterocycles. The molecule has 0 aliphatic rings. The number of halogens is 1. The molecular formula is C16H16FN2OP. The van der Waals surface area contributed by atoms with Crippen LogP contribution in [0.2, 0.25) is 0 Å². The molecule has 0 unspecified atom stereocenters. The third-order valence-electron chi connectivity index (χ3n) is 3.32. The summed E-state index contributed by atoms with van der Waals surface area (Å²) >= 11 is 0. The first-order chi connectivity index (χ1) is 9.97. The van der Waals surface area contributed by atoms with Crippen LogP contribution in [0.4, 0.5) is 15.8 Å². The summed E-state index contributed by atoms with van der Waals surface area (Å²) < 4.78 is 26.6. The van der Waals surface area contributed by atoms with Gasteiger partial charge < -0.3 is 9.88 Å². The van der Waals surface area contributed by atoms with Crippen molar-refractivity contribution in [1.29, 1.82) is 0 Å². The van der Waals surface area contributed by atoms with E-state index in [1.807, 2.05) is 6.92 Å². The summed E-state index contributed by atoms with van der Waals surface area (Å²) in [6.07, 6.45) is 8.91. The Hall–Kier alpha value is -2.11. The second-order valence-corrected chi connectivity index (χ2v) is 8.09. The van der Waals surface area contributed by atoms with Crippen molar-refractivity contribution in [2.45, 2.75) is 6.92 Å². The molecule has 0 spiro atoms. The molecule has 1 heterocycles. The first-order valence-electron chi connectivity index (χ1n) is 6.52. The molecule has 0 saturated carbocycles. The van der Waals surface area contributed by atoms with Crippen molar-refractivity contribution in [3.05, 3.63) is 48.0 Å². The van der Waals surface area contributed by atoms with E-state index in [0.29, 0.717) is 22.7 Å². The molecule has 0 radical (unpaired) electrons. The lowest BCUT2D eigenvalue weighted by Gasteiger charge is -2.17. The van der Waals surface area contributed by atoms with Crippen molar-refractivity contribution in [3.8, 4) is 12.3 Å². The number of anilines is 2. The molecule has 5 heteroatoms. The normalized spacial score (nSPS) is 13.2. The molecule has 2 rings (SSSR count). The largest absolute Gasteiger partial charge is 0.351 e. The summed E-state index contributed by atoms with van der Waals surface area (Å²) in [4.78, 5) is 4.01. The first kappa shape index (κ1) is 15.3. The molecule has 1 aromatic carbocycles. The molecule has 0 amide bonds. The number of hydrogen-bond acceptors (Lipinski definition) is 3. The van der Waals surface area contributed by atoms with E-state index in [0.717, 1.165) is 0 Å². The van der Waals surface area contributed by atoms with Gasteiger partial charge in [-0.3, -0.25) is 4.98 Å². The minimum Gasteiger partial charge on any atom is -0.351 e. The maximum Gasteiger partial charge on any atom is 0.147 e. The number of hydrogen-bond donors (Lipinski definition) is 1. The third kappa shape index (κ3) is 3.32. The second kappa shape index (κ2) is 6.11. The van der Waals surface area contributed by atoms with Crippen LogP contribution in [0.5, 0.6) is 0 Å². The fraction of sp³-hybridized carbons (Fsp3) is 0.188. The Balaban J connectivity index is 2.42. The topological polar surface area (TPSA) is 42.0 Å². The van der Waals surface area contributed by atoms with E-state index >= 15 is 0 Å². The fourth-order valence-electron chi connectivity index (χ4n) is 1.92. The van der Waals surface area contributed by atoms with Gasteiger partial charge in [-0.1, -0.05) is 12.8 Å². The van der Waals surface area contributed by atoms with Gasteiger partial charge in [0.05, 0.1) is 17.6 Å². The van der Waals surface area contributed by atoms with Crippen molar-refractivity contribution in [3.63, 3.8) is 0 Å². The Labute approximate surface area is 124 Å². The highest BCUT2D eigenvalue weighted by atomic mass is 31.2. The number of pyridine rings is 1. The van der Waals surface area contributed by atoms with Gasteiger partial charge in [-0.25, -0.2) is 4.39 Å². The Morgan fingerprint density at radius 1 is 1.38 bits per heavy atom. The third-order valence-corrected chi connectivity index (χ3v) is 5.93. The molecule has 0 aliphatic carbocycles. The quantitative estimate of drug-likeness (QED) is 0.693. The molecule has 21 heavy (non-hydrogen) atoms. The number of rotatable bonds is 4. The molecular weight excluding hydrogens is 286 g/mol. The van der Waals surface area contributed by atoms with Crippen LogP contribution in [0, 0.1) is 18.2 Å². The van der Waals surface area contributed by atoms with E-state index in [-0.39, 0.29) is 5.69 Å². The highest BCUT2D eigenvalue weighted by Crippen LogP contribution is 2.41. The molecule has 0 saturated heterocycles. The molecule has 108 valence electrons. The number of nitrogens with zero attached hydrogens (tertiary/aromatic N) is 1. The second-order valence-electron chi connectivity index (χ2n) is 4.77. The van der Waals surface area contributed by atoms with Crippen LogP contribution in [0.1, 0.15) is 12.5 Å². The van der Waals surface area contributed by atoms with Gasteiger partial charge in [-0.15, -0.1) is 6.42 Å². The Kier molecular flexibility index (Phi) is 4.45. The highest BCUT2D eigenvalue weighted by molar-refractivity contribution is 7.71. The zero-order valence-corrected chi connectivity index (χ0v) is 12.8. The van der Waals surface area contributed by atoms with Crippen LogP contribution in [0.15, 0.2) is 36.7 Å². The molecule has 0 fully saturated rings. The summed E-state index contributed by atoms with van der Waals surface area (Å²) in [7, 11) is -2.49. The number of aromatic nitrogens is 1. The van der Waals surface area contributed by atoms with Crippen molar-refractivity contribution in [2.75, 3.05) is 18.1 Å². The van der Waals surface area contributed by atoms with E-state index in [9.17, 15) is 8.96 Å². The smallest absolute Gasteiger partial charge is 0.147 e. The number of nitrogens with one attached hydrogen (secondary N) is 1. The van der Waals surface area contributed by atoms with Crippen molar-refractivity contribution < 1.29 is 8.96 Å². The molecule has 0 bridgehead atoms. The van der Waals surface area contributed by atoms with Crippen LogP contribution in [0.25, 0.3) is 0 Å². The predicted molar refractivity (Wildman–Crippen MR) is 85.6 cm³/mol. The zero-order valence-electron chi connectivity index (χ0n) is 11.9. The van der Waals surface area contributed by atoms with Crippen molar-refractivity contribution in [1.82, 2.24) is 4.98 Å². The summed E-state index contributed by atoms with van der Waals surface area (Å²) in [5.74, 6) is 1.92. The maximum absolute atomic E-state index is 14.0. The van der Waals surface area contributed by atoms with Gasteiger partial charge in [-0.2, -0.15) is 0 Å². The van der Waals surface area contributed by atoms with Gasteiger partial charge in [0, 0.05) is 23.2 Å². The van der Waals surface area contributed by atoms with E-state index < -0.39 is 13.0 Å². The van der Waals surface area contributed by atoms with Crippen LogP contribution in [0.3, 0.4) is 0 Å². The number of terminal acetylenes is 1. The molecule has 3 nitrogen and oxygen atoms in total. The lowest BCUT2D eigenvalue weighted by molar-refractivity contribution is 0.585. The van der Waals surface area contributed by atoms with E-state index in [1.54, 1.807) is 37.3 Å². The lowest BCUT2D eigenvalue weighted by Crippen LogP contribution is -2.12. The van der Waals surface area contributed by atoms with Gasteiger partial charge in [0.1, 0.15) is 13.0 Å². The number of benzene rings is 1. The standard InChI is InChI=1S/C16H16FN2OP/c1-4-12-6-7-14(13(17)10-12)19-15-11-18-9-8-16(15)21(3,20)5-2/h1,6-11,19H,5H2,2-3H3/t21-/m0/s1. The SMILES string of the molecule is C#Cc1ccc(Nc2cnccc2[P@@](C)(=O)CC)c(F)c1. The summed E-state index contributed by atoms with van der Waals surface area (Å²) in [5.41, 5.74) is 1.30. The summed E-state index contributed by atoms with van der Waals surface area (Å²) in [6, 6.07) is 6.20. The summed E-state index contributed by atoms with van der Waals surface area (Å²) in [6.45, 7) is 3.58. The first-order valence-corrected chi connectivity index (χ1v) is 8.86. The van der Waals surface area contributed by atoms with Crippen LogP contribution in [-0.4, -0.2) is 17.8 Å². The molecule has 1 atom stereocenters. The van der Waals surface area contributed by atoms with Crippen LogP contribution < -0.4 is 10.6 Å². The van der Waals surface area contributed by atoms with Gasteiger partial charge >= 0.3 is 0 Å². The van der Waals surface area contributed by atoms with E-state index in [1.165, 1.54) is 6.07 Å². The minimum atomic E-state index is -2.49. The Bertz CT molecular complexity index is 752. The zero-order chi connectivity index (χ0) is 15.5. The van der Waals surface area contributed by atoms with Crippen molar-refractivity contribution in [2.24, 2.45) is 0 Å². The van der Waals surface area contributed by atoms with Gasteiger partial charge in [-0.05, 0) is 30.9 Å².